The first-order valence-electron chi connectivity index (χ1n) is 7.25. The summed E-state index contributed by atoms with van der Waals surface area (Å²) in [6.45, 7) is 1.90. The van der Waals surface area contributed by atoms with E-state index in [2.05, 4.69) is 9.82 Å². The van der Waals surface area contributed by atoms with Gasteiger partial charge in [-0.2, -0.15) is 16.4 Å². The van der Waals surface area contributed by atoms with Crippen molar-refractivity contribution < 1.29 is 8.42 Å². The van der Waals surface area contributed by atoms with Crippen LogP contribution in [-0.4, -0.2) is 24.7 Å². The number of hydrogen-bond acceptors (Lipinski definition) is 4. The van der Waals surface area contributed by atoms with Crippen molar-refractivity contribution in [3.8, 4) is 0 Å². The average Bonchev–Trinajstić information content (AvgIpc) is 3.24. The van der Waals surface area contributed by atoms with Crippen molar-refractivity contribution in [1.82, 2.24) is 14.5 Å². The number of aromatic nitrogens is 2. The van der Waals surface area contributed by atoms with Crippen LogP contribution in [0.1, 0.15) is 17.2 Å². The predicted molar refractivity (Wildman–Crippen MR) is 96.1 cm³/mol. The fraction of sp³-hybridized carbons (Fsp3) is 0.188. The Bertz CT molecular complexity index is 873. The van der Waals surface area contributed by atoms with Crippen molar-refractivity contribution in [2.75, 3.05) is 6.54 Å². The van der Waals surface area contributed by atoms with Crippen LogP contribution in [0.15, 0.2) is 58.4 Å². The molecule has 1 N–H and O–H groups in total. The standard InChI is InChI=1S/C16H16ClN3O2S2/c1-12-14(17)4-2-5-16(12)24(21,22)19-10-15(13-6-9-23-11-13)20-8-3-7-18-20/h2-9,11,15,19H,10H2,1H3. The SMILES string of the molecule is Cc1c(Cl)cccc1S(=O)(=O)NCC(c1ccsc1)n1cccn1. The molecule has 0 spiro atoms. The van der Waals surface area contributed by atoms with E-state index in [1.807, 2.05) is 29.1 Å². The molecule has 3 rings (SSSR count). The highest BCUT2D eigenvalue weighted by atomic mass is 35.5. The number of nitrogens with one attached hydrogen (secondary N) is 1. The summed E-state index contributed by atoms with van der Waals surface area (Å²) in [4.78, 5) is 0.194. The first-order chi connectivity index (χ1) is 11.5. The van der Waals surface area contributed by atoms with Gasteiger partial charge in [-0.05, 0) is 53.1 Å². The largest absolute Gasteiger partial charge is 0.264 e. The van der Waals surface area contributed by atoms with Crippen molar-refractivity contribution in [3.63, 3.8) is 0 Å². The molecular weight excluding hydrogens is 366 g/mol. The van der Waals surface area contributed by atoms with E-state index in [0.717, 1.165) is 5.56 Å². The van der Waals surface area contributed by atoms with Crippen LogP contribution in [0.25, 0.3) is 0 Å². The van der Waals surface area contributed by atoms with Crippen LogP contribution in [-0.2, 0) is 10.0 Å². The third-order valence-electron chi connectivity index (χ3n) is 3.75. The molecule has 1 aromatic carbocycles. The molecule has 1 atom stereocenters. The minimum Gasteiger partial charge on any atom is -0.264 e. The summed E-state index contributed by atoms with van der Waals surface area (Å²) in [5.41, 5.74) is 1.55. The summed E-state index contributed by atoms with van der Waals surface area (Å²) in [7, 11) is -3.66. The molecular formula is C16H16ClN3O2S2. The van der Waals surface area contributed by atoms with Crippen molar-refractivity contribution in [2.45, 2.75) is 17.9 Å². The summed E-state index contributed by atoms with van der Waals surface area (Å²) in [6.07, 6.45) is 3.50. The zero-order valence-electron chi connectivity index (χ0n) is 12.9. The Labute approximate surface area is 150 Å². The monoisotopic (exact) mass is 381 g/mol. The highest BCUT2D eigenvalue weighted by molar-refractivity contribution is 7.89. The van der Waals surface area contributed by atoms with Gasteiger partial charge >= 0.3 is 0 Å². The number of nitrogens with zero attached hydrogens (tertiary/aromatic N) is 2. The number of halogens is 1. The number of benzene rings is 1. The second kappa shape index (κ2) is 7.06. The topological polar surface area (TPSA) is 64.0 Å². The summed E-state index contributed by atoms with van der Waals surface area (Å²) >= 11 is 7.60. The molecule has 0 aliphatic rings. The van der Waals surface area contributed by atoms with E-state index >= 15 is 0 Å². The second-order valence-corrected chi connectivity index (χ2v) is 8.20. The van der Waals surface area contributed by atoms with Crippen LogP contribution in [0.5, 0.6) is 0 Å². The Morgan fingerprint density at radius 1 is 1.33 bits per heavy atom. The quantitative estimate of drug-likeness (QED) is 0.711. The summed E-state index contributed by atoms with van der Waals surface area (Å²) in [5, 5.41) is 8.62. The zero-order chi connectivity index (χ0) is 17.2. The highest BCUT2D eigenvalue weighted by Gasteiger charge is 2.22. The molecule has 0 radical (unpaired) electrons. The first kappa shape index (κ1) is 17.2. The number of rotatable bonds is 6. The molecule has 126 valence electrons. The Balaban J connectivity index is 1.86. The van der Waals surface area contributed by atoms with E-state index in [-0.39, 0.29) is 17.5 Å². The van der Waals surface area contributed by atoms with E-state index in [4.69, 9.17) is 11.6 Å². The fourth-order valence-corrected chi connectivity index (χ4v) is 4.68. The van der Waals surface area contributed by atoms with Crippen LogP contribution in [0.3, 0.4) is 0 Å². The third kappa shape index (κ3) is 3.54. The molecule has 0 saturated carbocycles. The molecule has 24 heavy (non-hydrogen) atoms. The van der Waals surface area contributed by atoms with Crippen LogP contribution in [0.4, 0.5) is 0 Å². The van der Waals surface area contributed by atoms with Gasteiger partial charge in [0, 0.05) is 24.0 Å². The molecule has 5 nitrogen and oxygen atoms in total. The molecule has 0 aliphatic heterocycles. The second-order valence-electron chi connectivity index (χ2n) is 5.27. The lowest BCUT2D eigenvalue weighted by atomic mass is 10.1. The van der Waals surface area contributed by atoms with Crippen LogP contribution in [0.2, 0.25) is 5.02 Å². The summed E-state index contributed by atoms with van der Waals surface area (Å²) < 4.78 is 29.7. The Kier molecular flexibility index (Phi) is 5.05. The van der Waals surface area contributed by atoms with Crippen LogP contribution >= 0.6 is 22.9 Å². The maximum Gasteiger partial charge on any atom is 0.240 e. The van der Waals surface area contributed by atoms with Gasteiger partial charge in [0.1, 0.15) is 0 Å². The Hall–Kier alpha value is -1.67. The van der Waals surface area contributed by atoms with Gasteiger partial charge in [-0.3, -0.25) is 4.68 Å². The maximum absolute atomic E-state index is 12.7. The Morgan fingerprint density at radius 3 is 2.83 bits per heavy atom. The number of sulfonamides is 1. The molecule has 2 heterocycles. The number of hydrogen-bond donors (Lipinski definition) is 1. The molecule has 1 unspecified atom stereocenters. The van der Waals surface area contributed by atoms with E-state index in [9.17, 15) is 8.42 Å². The first-order valence-corrected chi connectivity index (χ1v) is 10.1. The van der Waals surface area contributed by atoms with Gasteiger partial charge in [0.2, 0.25) is 10.0 Å². The molecule has 8 heteroatoms. The summed E-state index contributed by atoms with van der Waals surface area (Å²) in [5.74, 6) is 0. The van der Waals surface area contributed by atoms with E-state index in [0.29, 0.717) is 10.6 Å². The van der Waals surface area contributed by atoms with Crippen LogP contribution < -0.4 is 4.72 Å². The van der Waals surface area contributed by atoms with Crippen molar-refractivity contribution >= 4 is 33.0 Å². The normalized spacial score (nSPS) is 13.1. The molecule has 0 fully saturated rings. The lowest BCUT2D eigenvalue weighted by molar-refractivity contribution is 0.506. The summed E-state index contributed by atoms with van der Waals surface area (Å²) in [6, 6.07) is 8.43. The number of thiophene rings is 1. The smallest absolute Gasteiger partial charge is 0.240 e. The van der Waals surface area contributed by atoms with E-state index in [1.54, 1.807) is 47.3 Å². The lowest BCUT2D eigenvalue weighted by Gasteiger charge is -2.18. The van der Waals surface area contributed by atoms with Crippen LogP contribution in [0, 0.1) is 6.92 Å². The maximum atomic E-state index is 12.7. The fourth-order valence-electron chi connectivity index (χ4n) is 2.44. The van der Waals surface area contributed by atoms with Gasteiger partial charge in [0.05, 0.1) is 10.9 Å². The molecule has 3 aromatic rings. The molecule has 0 amide bonds. The average molecular weight is 382 g/mol. The van der Waals surface area contributed by atoms with Gasteiger partial charge in [0.15, 0.2) is 0 Å². The van der Waals surface area contributed by atoms with Gasteiger partial charge in [-0.25, -0.2) is 13.1 Å². The van der Waals surface area contributed by atoms with Crippen molar-refractivity contribution in [1.29, 1.82) is 0 Å². The predicted octanol–water partition coefficient (Wildman–Crippen LogP) is 3.47. The zero-order valence-corrected chi connectivity index (χ0v) is 15.3. The van der Waals surface area contributed by atoms with Gasteiger partial charge < -0.3 is 0 Å². The van der Waals surface area contributed by atoms with Crippen molar-refractivity contribution in [3.05, 3.63) is 69.6 Å². The van der Waals surface area contributed by atoms with Gasteiger partial charge in [-0.1, -0.05) is 17.7 Å². The lowest BCUT2D eigenvalue weighted by Crippen LogP contribution is -2.31. The minimum absolute atomic E-state index is 0.194. The molecule has 0 bridgehead atoms. The molecule has 0 saturated heterocycles. The van der Waals surface area contributed by atoms with E-state index in [1.165, 1.54) is 0 Å². The highest BCUT2D eigenvalue weighted by Crippen LogP contribution is 2.24. The third-order valence-corrected chi connectivity index (χ3v) is 6.43. The van der Waals surface area contributed by atoms with Crippen molar-refractivity contribution in [2.24, 2.45) is 0 Å². The van der Waals surface area contributed by atoms with Gasteiger partial charge in [0.25, 0.3) is 0 Å². The Morgan fingerprint density at radius 2 is 2.17 bits per heavy atom. The minimum atomic E-state index is -3.66. The van der Waals surface area contributed by atoms with E-state index < -0.39 is 10.0 Å². The van der Waals surface area contributed by atoms with Gasteiger partial charge in [-0.15, -0.1) is 0 Å². The molecule has 0 aliphatic carbocycles. The molecule has 2 aromatic heterocycles.